The van der Waals surface area contributed by atoms with E-state index in [0.29, 0.717) is 29.4 Å². The third kappa shape index (κ3) is 6.14. The Morgan fingerprint density at radius 1 is 1.06 bits per heavy atom. The average Bonchev–Trinajstić information content (AvgIpc) is 3.31. The molecule has 0 radical (unpaired) electrons. The molecule has 9 heteroatoms. The van der Waals surface area contributed by atoms with Crippen LogP contribution in [0.15, 0.2) is 70.2 Å². The largest absolute Gasteiger partial charge is 0.488 e. The molecule has 3 aromatic rings. The summed E-state index contributed by atoms with van der Waals surface area (Å²) >= 11 is 3.50. The van der Waals surface area contributed by atoms with Gasteiger partial charge in [0, 0.05) is 5.56 Å². The van der Waals surface area contributed by atoms with Gasteiger partial charge in [-0.15, -0.1) is 0 Å². The van der Waals surface area contributed by atoms with Gasteiger partial charge in [0.25, 0.3) is 11.8 Å². The molecule has 2 amide bonds. The Morgan fingerprint density at radius 3 is 2.65 bits per heavy atom. The predicted molar refractivity (Wildman–Crippen MR) is 130 cm³/mol. The molecule has 0 unspecified atom stereocenters. The highest BCUT2D eigenvalue weighted by Crippen LogP contribution is 2.32. The van der Waals surface area contributed by atoms with Crippen molar-refractivity contribution in [3.63, 3.8) is 0 Å². The molecule has 0 atom stereocenters. The van der Waals surface area contributed by atoms with E-state index < -0.39 is 11.8 Å². The topological polar surface area (TPSA) is 98.2 Å². The van der Waals surface area contributed by atoms with E-state index in [9.17, 15) is 9.59 Å². The molecule has 0 fully saturated rings. The molecule has 0 aromatic heterocycles. The lowest BCUT2D eigenvalue weighted by Crippen LogP contribution is -2.34. The Labute approximate surface area is 205 Å². The van der Waals surface area contributed by atoms with Crippen LogP contribution in [-0.2, 0) is 11.4 Å². The molecule has 1 aliphatic rings. The maximum absolute atomic E-state index is 12.2. The maximum Gasteiger partial charge on any atom is 0.259 e. The minimum atomic E-state index is -0.456. The fraction of sp³-hybridized carbons (Fsp3) is 0.160. The molecule has 34 heavy (non-hydrogen) atoms. The highest BCUT2D eigenvalue weighted by molar-refractivity contribution is 9.10. The molecule has 8 nitrogen and oxygen atoms in total. The van der Waals surface area contributed by atoms with Crippen LogP contribution in [0.2, 0.25) is 0 Å². The van der Waals surface area contributed by atoms with E-state index in [4.69, 9.17) is 14.2 Å². The monoisotopic (exact) mass is 523 g/mol. The molecule has 0 aliphatic carbocycles. The molecular formula is C25H22BrN3O5. The number of hydrazone groups is 1. The first-order valence-electron chi connectivity index (χ1n) is 10.5. The second-order valence-corrected chi connectivity index (χ2v) is 8.36. The van der Waals surface area contributed by atoms with Crippen LogP contribution >= 0.6 is 15.9 Å². The van der Waals surface area contributed by atoms with Crippen LogP contribution in [0.3, 0.4) is 0 Å². The number of nitrogens with one attached hydrogen (secondary N) is 2. The van der Waals surface area contributed by atoms with Gasteiger partial charge in [-0.05, 0) is 70.4 Å². The van der Waals surface area contributed by atoms with Crippen LogP contribution in [0.1, 0.15) is 27.0 Å². The van der Waals surface area contributed by atoms with Crippen molar-refractivity contribution in [2.24, 2.45) is 5.10 Å². The van der Waals surface area contributed by atoms with Gasteiger partial charge in [0.2, 0.25) is 6.79 Å². The summed E-state index contributed by atoms with van der Waals surface area (Å²) in [6, 6.07) is 18.5. The molecule has 4 rings (SSSR count). The summed E-state index contributed by atoms with van der Waals surface area (Å²) in [6.45, 7) is 2.40. The summed E-state index contributed by atoms with van der Waals surface area (Å²) in [7, 11) is 0. The fourth-order valence-corrected chi connectivity index (χ4v) is 3.59. The van der Waals surface area contributed by atoms with Crippen molar-refractivity contribution in [3.05, 3.63) is 87.4 Å². The lowest BCUT2D eigenvalue weighted by molar-refractivity contribution is -0.120. The quantitative estimate of drug-likeness (QED) is 0.344. The van der Waals surface area contributed by atoms with E-state index in [0.717, 1.165) is 15.6 Å². The van der Waals surface area contributed by atoms with Gasteiger partial charge in [-0.1, -0.05) is 29.8 Å². The van der Waals surface area contributed by atoms with E-state index in [2.05, 4.69) is 31.8 Å². The first-order valence-corrected chi connectivity index (χ1v) is 11.2. The zero-order chi connectivity index (χ0) is 23.9. The van der Waals surface area contributed by atoms with Gasteiger partial charge in [-0.3, -0.25) is 9.59 Å². The van der Waals surface area contributed by atoms with Gasteiger partial charge in [0.1, 0.15) is 12.4 Å². The molecule has 1 aliphatic heterocycles. The number of halogens is 1. The molecule has 2 N–H and O–H groups in total. The SMILES string of the molecule is Cc1ccc(COc2ccc(/C=N/NC(=O)CNC(=O)c3ccc4c(c3)OCO4)cc2Br)cc1. The van der Waals surface area contributed by atoms with Gasteiger partial charge in [-0.2, -0.15) is 5.10 Å². The van der Waals surface area contributed by atoms with Crippen molar-refractivity contribution in [2.45, 2.75) is 13.5 Å². The number of hydrogen-bond acceptors (Lipinski definition) is 6. The maximum atomic E-state index is 12.2. The third-order valence-electron chi connectivity index (χ3n) is 4.92. The molecule has 0 saturated carbocycles. The number of nitrogens with zero attached hydrogens (tertiary/aromatic N) is 1. The van der Waals surface area contributed by atoms with Gasteiger partial charge in [-0.25, -0.2) is 5.43 Å². The molecular weight excluding hydrogens is 502 g/mol. The van der Waals surface area contributed by atoms with Gasteiger partial charge in [0.15, 0.2) is 11.5 Å². The van der Waals surface area contributed by atoms with Crippen LogP contribution in [-0.4, -0.2) is 31.4 Å². The average molecular weight is 524 g/mol. The number of fused-ring (bicyclic) bond motifs is 1. The fourth-order valence-electron chi connectivity index (χ4n) is 3.08. The van der Waals surface area contributed by atoms with E-state index in [1.165, 1.54) is 11.8 Å². The summed E-state index contributed by atoms with van der Waals surface area (Å²) in [5, 5.41) is 6.48. The summed E-state index contributed by atoms with van der Waals surface area (Å²) < 4.78 is 17.1. The first-order chi connectivity index (χ1) is 16.5. The molecule has 3 aromatic carbocycles. The van der Waals surface area contributed by atoms with E-state index >= 15 is 0 Å². The van der Waals surface area contributed by atoms with Crippen molar-refractivity contribution in [3.8, 4) is 17.2 Å². The number of hydrogen-bond donors (Lipinski definition) is 2. The normalized spacial score (nSPS) is 11.9. The summed E-state index contributed by atoms with van der Waals surface area (Å²) in [5.74, 6) is 0.929. The number of carbonyl (C=O) groups excluding carboxylic acids is 2. The Bertz CT molecular complexity index is 1230. The molecule has 174 valence electrons. The van der Waals surface area contributed by atoms with Crippen LogP contribution in [0.4, 0.5) is 0 Å². The molecule has 0 bridgehead atoms. The van der Waals surface area contributed by atoms with E-state index in [-0.39, 0.29) is 13.3 Å². The molecule has 1 heterocycles. The second kappa shape index (κ2) is 10.8. The number of amides is 2. The van der Waals surface area contributed by atoms with Crippen molar-refractivity contribution in [2.75, 3.05) is 13.3 Å². The van der Waals surface area contributed by atoms with E-state index in [1.54, 1.807) is 18.2 Å². The second-order valence-electron chi connectivity index (χ2n) is 7.51. The number of benzene rings is 3. The Hall–Kier alpha value is -3.85. The first kappa shape index (κ1) is 23.3. The molecule has 0 spiro atoms. The Balaban J connectivity index is 1.23. The van der Waals surface area contributed by atoms with Crippen molar-refractivity contribution < 1.29 is 23.8 Å². The van der Waals surface area contributed by atoms with Gasteiger partial charge < -0.3 is 19.5 Å². The van der Waals surface area contributed by atoms with Crippen molar-refractivity contribution >= 4 is 34.0 Å². The van der Waals surface area contributed by atoms with Crippen LogP contribution < -0.4 is 25.0 Å². The predicted octanol–water partition coefficient (Wildman–Crippen LogP) is 3.95. The zero-order valence-corrected chi connectivity index (χ0v) is 19.9. The smallest absolute Gasteiger partial charge is 0.259 e. The third-order valence-corrected chi connectivity index (χ3v) is 5.54. The minimum absolute atomic E-state index is 0.126. The lowest BCUT2D eigenvalue weighted by atomic mass is 10.2. The van der Waals surface area contributed by atoms with Crippen molar-refractivity contribution in [1.29, 1.82) is 0 Å². The summed E-state index contributed by atoms with van der Waals surface area (Å²) in [5.41, 5.74) is 5.80. The van der Waals surface area contributed by atoms with Gasteiger partial charge in [0.05, 0.1) is 17.2 Å². The standard InChI is InChI=1S/C25H22BrN3O5/c1-16-2-4-17(5-3-16)14-32-21-8-6-18(10-20(21)26)12-28-29-24(30)13-27-25(31)19-7-9-22-23(11-19)34-15-33-22/h2-12H,13-15H2,1H3,(H,27,31)(H,29,30)/b28-12+. The van der Waals surface area contributed by atoms with E-state index in [1.807, 2.05) is 49.4 Å². The van der Waals surface area contributed by atoms with Crippen molar-refractivity contribution in [1.82, 2.24) is 10.7 Å². The number of aryl methyl sites for hydroxylation is 1. The van der Waals surface area contributed by atoms with Crippen LogP contribution in [0.25, 0.3) is 0 Å². The van der Waals surface area contributed by atoms with Gasteiger partial charge >= 0.3 is 0 Å². The number of rotatable bonds is 8. The lowest BCUT2D eigenvalue weighted by Gasteiger charge is -2.09. The minimum Gasteiger partial charge on any atom is -0.488 e. The van der Waals surface area contributed by atoms with Crippen LogP contribution in [0.5, 0.6) is 17.2 Å². The Morgan fingerprint density at radius 2 is 1.85 bits per heavy atom. The molecule has 0 saturated heterocycles. The highest BCUT2D eigenvalue weighted by Gasteiger charge is 2.16. The highest BCUT2D eigenvalue weighted by atomic mass is 79.9. The summed E-state index contributed by atoms with van der Waals surface area (Å²) in [6.07, 6.45) is 1.51. The van der Waals surface area contributed by atoms with Crippen LogP contribution in [0, 0.1) is 6.92 Å². The number of ether oxygens (including phenoxy) is 3. The summed E-state index contributed by atoms with van der Waals surface area (Å²) in [4.78, 5) is 24.2. The number of carbonyl (C=O) groups is 2. The zero-order valence-electron chi connectivity index (χ0n) is 18.3. The Kier molecular flexibility index (Phi) is 7.44.